The second-order valence-corrected chi connectivity index (χ2v) is 8.76. The summed E-state index contributed by atoms with van der Waals surface area (Å²) < 4.78 is 6.40. The molecule has 7 nitrogen and oxygen atoms in total. The van der Waals surface area contributed by atoms with Crippen molar-refractivity contribution in [2.24, 2.45) is 11.3 Å². The molecular weight excluding hydrogens is 403 g/mol. The molecule has 4 aliphatic rings. The predicted molar refractivity (Wildman–Crippen MR) is 102 cm³/mol. The van der Waals surface area contributed by atoms with Gasteiger partial charge in [-0.05, 0) is 54.5 Å². The van der Waals surface area contributed by atoms with Crippen LogP contribution in [-0.2, 0) is 9.57 Å². The number of aromatic nitrogens is 3. The van der Waals surface area contributed by atoms with Crippen LogP contribution in [-0.4, -0.2) is 51.0 Å². The molecule has 1 fully saturated rings. The Morgan fingerprint density at radius 3 is 2.75 bits per heavy atom. The summed E-state index contributed by atoms with van der Waals surface area (Å²) in [7, 11) is 1.67. The number of hydrogen-bond donors (Lipinski definition) is 1. The van der Waals surface area contributed by atoms with Gasteiger partial charge in [0.1, 0.15) is 11.9 Å². The molecule has 5 atom stereocenters. The standard InChI is InChI=1S/C19H22Cl2N4O3/c1-27-25-5-4-19-8-10(16-22-17(20)24-18(21)23-16)2-3-14(19)28-13-7-12(26)6-11(9-25)15(13)19/h4-5,10-12,14,26H,2-3,6-9H2,1H3/t10?,11-,12-,14+,19?/m1/s1. The van der Waals surface area contributed by atoms with Crippen LogP contribution in [0.4, 0.5) is 0 Å². The van der Waals surface area contributed by atoms with E-state index in [1.165, 1.54) is 5.57 Å². The molecule has 1 aromatic heterocycles. The smallest absolute Gasteiger partial charge is 0.226 e. The highest BCUT2D eigenvalue weighted by Gasteiger charge is 2.57. The molecule has 0 saturated heterocycles. The first kappa shape index (κ1) is 18.6. The largest absolute Gasteiger partial charge is 0.493 e. The van der Waals surface area contributed by atoms with Gasteiger partial charge < -0.3 is 9.84 Å². The first-order valence-corrected chi connectivity index (χ1v) is 10.4. The van der Waals surface area contributed by atoms with Crippen LogP contribution in [0.1, 0.15) is 43.8 Å². The van der Waals surface area contributed by atoms with Gasteiger partial charge in [0.15, 0.2) is 0 Å². The maximum Gasteiger partial charge on any atom is 0.226 e. The summed E-state index contributed by atoms with van der Waals surface area (Å²) in [5, 5.41) is 12.5. The summed E-state index contributed by atoms with van der Waals surface area (Å²) in [6.45, 7) is 0.703. The topological polar surface area (TPSA) is 80.6 Å². The lowest BCUT2D eigenvalue weighted by Gasteiger charge is -2.42. The number of aliphatic hydroxyl groups is 1. The van der Waals surface area contributed by atoms with Crippen molar-refractivity contribution in [1.82, 2.24) is 20.0 Å². The van der Waals surface area contributed by atoms with Crippen LogP contribution in [0.15, 0.2) is 23.6 Å². The van der Waals surface area contributed by atoms with E-state index >= 15 is 0 Å². The Bertz CT molecular complexity index is 843. The number of halogens is 2. The molecule has 2 unspecified atom stereocenters. The van der Waals surface area contributed by atoms with Crippen LogP contribution in [0.2, 0.25) is 10.6 Å². The Kier molecular flexibility index (Phi) is 4.54. The SMILES string of the molecule is CON1C=CC23CC(c4nc(Cl)nc(Cl)n4)CC[C@@H]2OC2=C3[C@H](C[C@@H](O)C2)C1. The van der Waals surface area contributed by atoms with E-state index in [9.17, 15) is 5.11 Å². The first-order valence-electron chi connectivity index (χ1n) is 9.64. The predicted octanol–water partition coefficient (Wildman–Crippen LogP) is 3.25. The second kappa shape index (κ2) is 6.83. The Balaban J connectivity index is 1.57. The normalized spacial score (nSPS) is 36.6. The Morgan fingerprint density at radius 1 is 1.21 bits per heavy atom. The minimum absolute atomic E-state index is 0.0578. The lowest BCUT2D eigenvalue weighted by atomic mass is 9.60. The van der Waals surface area contributed by atoms with Crippen LogP contribution in [0, 0.1) is 11.3 Å². The van der Waals surface area contributed by atoms with Gasteiger partial charge in [-0.15, -0.1) is 0 Å². The van der Waals surface area contributed by atoms with Gasteiger partial charge in [0.25, 0.3) is 0 Å². The van der Waals surface area contributed by atoms with Crippen LogP contribution in [0.25, 0.3) is 0 Å². The molecule has 2 aliphatic heterocycles. The number of hydrogen-bond acceptors (Lipinski definition) is 7. The Labute approximate surface area is 173 Å². The van der Waals surface area contributed by atoms with E-state index in [2.05, 4.69) is 21.0 Å². The lowest BCUT2D eigenvalue weighted by Crippen LogP contribution is -2.40. The van der Waals surface area contributed by atoms with Gasteiger partial charge in [-0.1, -0.05) is 6.08 Å². The zero-order valence-electron chi connectivity index (χ0n) is 15.5. The average Bonchev–Trinajstić information content (AvgIpc) is 2.88. The van der Waals surface area contributed by atoms with Crippen LogP contribution in [0.3, 0.4) is 0 Å². The van der Waals surface area contributed by atoms with Gasteiger partial charge in [0.05, 0.1) is 30.9 Å². The Morgan fingerprint density at radius 2 is 2.00 bits per heavy atom. The third kappa shape index (κ3) is 2.91. The van der Waals surface area contributed by atoms with Gasteiger partial charge in [0, 0.05) is 24.5 Å². The van der Waals surface area contributed by atoms with E-state index in [1.807, 2.05) is 11.3 Å². The number of hydroxylamine groups is 2. The van der Waals surface area contributed by atoms with Crippen molar-refractivity contribution < 1.29 is 14.7 Å². The van der Waals surface area contributed by atoms with Gasteiger partial charge in [-0.2, -0.15) is 4.98 Å². The quantitative estimate of drug-likeness (QED) is 0.779. The van der Waals surface area contributed by atoms with E-state index in [1.54, 1.807) is 7.11 Å². The van der Waals surface area contributed by atoms with E-state index < -0.39 is 0 Å². The maximum absolute atomic E-state index is 10.4. The molecular formula is C19H22Cl2N4O3. The zero-order chi connectivity index (χ0) is 19.5. The molecule has 0 amide bonds. The summed E-state index contributed by atoms with van der Waals surface area (Å²) >= 11 is 12.1. The van der Waals surface area contributed by atoms with Crippen molar-refractivity contribution in [1.29, 1.82) is 0 Å². The van der Waals surface area contributed by atoms with Crippen LogP contribution in [0.5, 0.6) is 0 Å². The molecule has 9 heteroatoms. The van der Waals surface area contributed by atoms with Gasteiger partial charge in [-0.25, -0.2) is 9.97 Å². The van der Waals surface area contributed by atoms with Crippen molar-refractivity contribution in [3.63, 3.8) is 0 Å². The van der Waals surface area contributed by atoms with E-state index in [-0.39, 0.29) is 40.0 Å². The van der Waals surface area contributed by atoms with Crippen molar-refractivity contribution in [2.75, 3.05) is 13.7 Å². The number of ether oxygens (including phenoxy) is 1. The number of aliphatic hydroxyl groups excluding tert-OH is 1. The maximum atomic E-state index is 10.4. The Hall–Kier alpha value is -1.41. The third-order valence-electron chi connectivity index (χ3n) is 6.54. The minimum Gasteiger partial charge on any atom is -0.493 e. The summed E-state index contributed by atoms with van der Waals surface area (Å²) in [5.41, 5.74) is 1.07. The number of rotatable bonds is 2. The molecule has 0 aromatic carbocycles. The zero-order valence-corrected chi connectivity index (χ0v) is 17.0. The molecule has 1 spiro atoms. The fourth-order valence-electron chi connectivity index (χ4n) is 5.51. The molecule has 1 saturated carbocycles. The summed E-state index contributed by atoms with van der Waals surface area (Å²) in [5.74, 6) is 1.89. The van der Waals surface area contributed by atoms with Crippen molar-refractivity contribution in [3.05, 3.63) is 40.0 Å². The van der Waals surface area contributed by atoms with Crippen molar-refractivity contribution in [3.8, 4) is 0 Å². The second-order valence-electron chi connectivity index (χ2n) is 8.08. The molecule has 1 N–H and O–H groups in total. The van der Waals surface area contributed by atoms with Gasteiger partial charge in [-0.3, -0.25) is 9.90 Å². The highest BCUT2D eigenvalue weighted by Crippen LogP contribution is 2.60. The van der Waals surface area contributed by atoms with Crippen LogP contribution < -0.4 is 0 Å². The van der Waals surface area contributed by atoms with E-state index in [0.717, 1.165) is 25.0 Å². The molecule has 2 aliphatic carbocycles. The van der Waals surface area contributed by atoms with Crippen molar-refractivity contribution >= 4 is 23.2 Å². The average molecular weight is 425 g/mol. The highest BCUT2D eigenvalue weighted by molar-refractivity contribution is 6.31. The van der Waals surface area contributed by atoms with Gasteiger partial charge in [0.2, 0.25) is 10.6 Å². The van der Waals surface area contributed by atoms with Crippen LogP contribution >= 0.6 is 23.2 Å². The van der Waals surface area contributed by atoms with E-state index in [0.29, 0.717) is 25.2 Å². The van der Waals surface area contributed by atoms with Gasteiger partial charge >= 0.3 is 0 Å². The molecule has 1 aromatic rings. The molecule has 150 valence electrons. The third-order valence-corrected chi connectivity index (χ3v) is 6.88. The first-order chi connectivity index (χ1) is 13.5. The monoisotopic (exact) mass is 424 g/mol. The van der Waals surface area contributed by atoms with E-state index in [4.69, 9.17) is 32.8 Å². The molecule has 0 bridgehead atoms. The summed E-state index contributed by atoms with van der Waals surface area (Å²) in [6, 6.07) is 0. The highest BCUT2D eigenvalue weighted by atomic mass is 35.5. The fraction of sp³-hybridized carbons (Fsp3) is 0.632. The molecule has 28 heavy (non-hydrogen) atoms. The number of nitrogens with zero attached hydrogens (tertiary/aromatic N) is 4. The van der Waals surface area contributed by atoms with Crippen molar-refractivity contribution in [2.45, 2.75) is 50.2 Å². The molecule has 5 rings (SSSR count). The molecule has 0 radical (unpaired) electrons. The lowest BCUT2D eigenvalue weighted by molar-refractivity contribution is -0.0967. The summed E-state index contributed by atoms with van der Waals surface area (Å²) in [4.78, 5) is 18.1. The fourth-order valence-corrected chi connectivity index (χ4v) is 5.88. The summed E-state index contributed by atoms with van der Waals surface area (Å²) in [6.07, 6.45) is 7.78. The minimum atomic E-state index is -0.380. The molecule has 3 heterocycles.